The van der Waals surface area contributed by atoms with E-state index in [4.69, 9.17) is 9.47 Å². The van der Waals surface area contributed by atoms with E-state index < -0.39 is 11.9 Å². The van der Waals surface area contributed by atoms with Crippen molar-refractivity contribution in [3.63, 3.8) is 0 Å². The smallest absolute Gasteiger partial charge is 0.353 e. The quantitative estimate of drug-likeness (QED) is 0.251. The first-order chi connectivity index (χ1) is 13.0. The molecule has 4 nitrogen and oxygen atoms in total. The van der Waals surface area contributed by atoms with Crippen molar-refractivity contribution in [2.75, 3.05) is 13.2 Å². The molecule has 0 saturated heterocycles. The van der Waals surface area contributed by atoms with Crippen molar-refractivity contribution < 1.29 is 19.1 Å². The van der Waals surface area contributed by atoms with Crippen LogP contribution < -0.4 is 0 Å². The predicted octanol–water partition coefficient (Wildman–Crippen LogP) is 4.39. The minimum atomic E-state index is -0.743. The number of esters is 2. The molecule has 0 unspecified atom stereocenters. The third-order valence-corrected chi connectivity index (χ3v) is 3.89. The molecule has 0 amide bonds. The Bertz CT molecular complexity index is 800. The number of hydrogen-bond donors (Lipinski definition) is 0. The van der Waals surface area contributed by atoms with Crippen molar-refractivity contribution in [3.05, 3.63) is 82.1 Å². The van der Waals surface area contributed by atoms with Crippen LogP contribution in [0.1, 0.15) is 36.1 Å². The molecule has 2 aromatic rings. The second-order valence-electron chi connectivity index (χ2n) is 6.05. The van der Waals surface area contributed by atoms with Crippen LogP contribution in [0.3, 0.4) is 0 Å². The average molecular weight is 364 g/mol. The van der Waals surface area contributed by atoms with Crippen molar-refractivity contribution >= 4 is 17.5 Å². The normalized spacial score (nSPS) is 9.93. The molecule has 0 saturated carbocycles. The van der Waals surface area contributed by atoms with Crippen LogP contribution in [-0.2, 0) is 19.1 Å². The zero-order valence-electron chi connectivity index (χ0n) is 16.2. The third kappa shape index (κ3) is 5.44. The number of carbonyl (C=O) groups excluding carboxylic acids is 2. The van der Waals surface area contributed by atoms with E-state index in [2.05, 4.69) is 5.73 Å². The molecule has 140 valence electrons. The van der Waals surface area contributed by atoms with Gasteiger partial charge >= 0.3 is 11.9 Å². The molecule has 27 heavy (non-hydrogen) atoms. The summed E-state index contributed by atoms with van der Waals surface area (Å²) in [5.41, 5.74) is 7.28. The van der Waals surface area contributed by atoms with E-state index in [1.807, 2.05) is 62.4 Å². The lowest BCUT2D eigenvalue weighted by atomic mass is 9.96. The first kappa shape index (κ1) is 20.2. The highest BCUT2D eigenvalue weighted by atomic mass is 16.6. The first-order valence-corrected chi connectivity index (χ1v) is 8.95. The maximum absolute atomic E-state index is 12.3. The fourth-order valence-electron chi connectivity index (χ4n) is 2.47. The number of rotatable bonds is 6. The van der Waals surface area contributed by atoms with Gasteiger partial charge in [0.15, 0.2) is 5.57 Å². The van der Waals surface area contributed by atoms with Gasteiger partial charge in [-0.3, -0.25) is 0 Å². The molecule has 0 aliphatic rings. The maximum atomic E-state index is 12.3. The molecule has 0 atom stereocenters. The highest BCUT2D eigenvalue weighted by Crippen LogP contribution is 2.24. The number of hydrogen-bond acceptors (Lipinski definition) is 4. The molecule has 2 rings (SSSR count). The summed E-state index contributed by atoms with van der Waals surface area (Å²) in [7, 11) is 0. The molecular weight excluding hydrogens is 340 g/mol. The molecule has 4 heteroatoms. The molecule has 0 aliphatic heterocycles. The van der Waals surface area contributed by atoms with Crippen molar-refractivity contribution in [1.29, 1.82) is 0 Å². The topological polar surface area (TPSA) is 52.6 Å². The van der Waals surface area contributed by atoms with Crippen LogP contribution in [-0.4, -0.2) is 25.2 Å². The Labute approximate surface area is 160 Å². The standard InChI is InChI=1S/C23H24O4/c1-5-26-22(24)21(23(25)27-6-2)15-20(18-11-7-16(3)8-12-18)19-13-9-17(4)10-14-19/h7-14H,5-6H2,1-4H3. The minimum absolute atomic E-state index is 0.161. The molecule has 0 aliphatic carbocycles. The van der Waals surface area contributed by atoms with Gasteiger partial charge in [-0.05, 0) is 38.8 Å². The predicted molar refractivity (Wildman–Crippen MR) is 105 cm³/mol. The molecule has 0 spiro atoms. The SMILES string of the molecule is CCOC(=O)C(=C=C(c1ccc(C)cc1)c1ccc(C)cc1)C(=O)OCC. The summed E-state index contributed by atoms with van der Waals surface area (Å²) in [6, 6.07) is 15.6. The van der Waals surface area contributed by atoms with Gasteiger partial charge in [-0.25, -0.2) is 9.59 Å². The van der Waals surface area contributed by atoms with Crippen LogP contribution in [0.2, 0.25) is 0 Å². The van der Waals surface area contributed by atoms with Gasteiger partial charge in [0.05, 0.1) is 13.2 Å². The second-order valence-corrected chi connectivity index (χ2v) is 6.05. The average Bonchev–Trinajstić information content (AvgIpc) is 2.65. The molecular formula is C23H24O4. The summed E-state index contributed by atoms with van der Waals surface area (Å²) in [6.07, 6.45) is 0. The van der Waals surface area contributed by atoms with Crippen LogP contribution in [0.4, 0.5) is 0 Å². The number of aryl methyl sites for hydroxylation is 2. The number of benzene rings is 2. The summed E-state index contributed by atoms with van der Waals surface area (Å²) in [6.45, 7) is 7.69. The van der Waals surface area contributed by atoms with Gasteiger partial charge in [0.2, 0.25) is 0 Å². The molecule has 0 N–H and O–H groups in total. The Morgan fingerprint density at radius 3 is 1.44 bits per heavy atom. The highest BCUT2D eigenvalue weighted by molar-refractivity contribution is 6.14. The summed E-state index contributed by atoms with van der Waals surface area (Å²) < 4.78 is 10.1. The van der Waals surface area contributed by atoms with Gasteiger partial charge in [0.1, 0.15) is 0 Å². The first-order valence-electron chi connectivity index (χ1n) is 8.95. The zero-order chi connectivity index (χ0) is 19.8. The fraction of sp³-hybridized carbons (Fsp3) is 0.261. The third-order valence-electron chi connectivity index (χ3n) is 3.89. The summed E-state index contributed by atoms with van der Waals surface area (Å²) in [5, 5.41) is 0. The molecule has 0 aromatic heterocycles. The van der Waals surface area contributed by atoms with E-state index in [9.17, 15) is 9.59 Å². The lowest BCUT2D eigenvalue weighted by molar-refractivity contribution is -0.146. The van der Waals surface area contributed by atoms with E-state index in [0.29, 0.717) is 5.57 Å². The van der Waals surface area contributed by atoms with E-state index in [1.54, 1.807) is 13.8 Å². The number of ether oxygens (including phenoxy) is 2. The van der Waals surface area contributed by atoms with Gasteiger partial charge in [-0.15, -0.1) is 0 Å². The molecule has 0 heterocycles. The van der Waals surface area contributed by atoms with Crippen molar-refractivity contribution in [2.45, 2.75) is 27.7 Å². The Morgan fingerprint density at radius 1 is 0.741 bits per heavy atom. The Hall–Kier alpha value is -3.10. The maximum Gasteiger partial charge on any atom is 0.353 e. The Balaban J connectivity index is 2.74. The van der Waals surface area contributed by atoms with Crippen LogP contribution >= 0.6 is 0 Å². The zero-order valence-corrected chi connectivity index (χ0v) is 16.2. The van der Waals surface area contributed by atoms with Crippen LogP contribution in [0, 0.1) is 13.8 Å². The Kier molecular flexibility index (Phi) is 7.16. The van der Waals surface area contributed by atoms with Gasteiger partial charge in [-0.2, -0.15) is 0 Å². The summed E-state index contributed by atoms with van der Waals surface area (Å²) in [4.78, 5) is 24.7. The van der Waals surface area contributed by atoms with Gasteiger partial charge in [0.25, 0.3) is 0 Å². The van der Waals surface area contributed by atoms with Crippen molar-refractivity contribution in [2.24, 2.45) is 0 Å². The molecule has 0 bridgehead atoms. The second kappa shape index (κ2) is 9.56. The van der Waals surface area contributed by atoms with Crippen LogP contribution in [0.15, 0.2) is 59.8 Å². The van der Waals surface area contributed by atoms with E-state index in [0.717, 1.165) is 22.3 Å². The van der Waals surface area contributed by atoms with E-state index >= 15 is 0 Å². The summed E-state index contributed by atoms with van der Waals surface area (Å²) >= 11 is 0. The van der Waals surface area contributed by atoms with E-state index in [-0.39, 0.29) is 18.8 Å². The summed E-state index contributed by atoms with van der Waals surface area (Å²) in [5.74, 6) is -1.49. The van der Waals surface area contributed by atoms with E-state index in [1.165, 1.54) is 0 Å². The lowest BCUT2D eigenvalue weighted by Crippen LogP contribution is -2.18. The number of carbonyl (C=O) groups is 2. The fourth-order valence-corrected chi connectivity index (χ4v) is 2.47. The minimum Gasteiger partial charge on any atom is -0.462 e. The molecule has 0 fully saturated rings. The van der Waals surface area contributed by atoms with Crippen molar-refractivity contribution in [3.8, 4) is 0 Å². The van der Waals surface area contributed by atoms with Crippen LogP contribution in [0.5, 0.6) is 0 Å². The monoisotopic (exact) mass is 364 g/mol. The van der Waals surface area contributed by atoms with Gasteiger partial charge in [-0.1, -0.05) is 65.4 Å². The van der Waals surface area contributed by atoms with Crippen LogP contribution in [0.25, 0.3) is 5.57 Å². The van der Waals surface area contributed by atoms with Gasteiger partial charge in [0, 0.05) is 5.57 Å². The largest absolute Gasteiger partial charge is 0.462 e. The van der Waals surface area contributed by atoms with Crippen molar-refractivity contribution in [1.82, 2.24) is 0 Å². The highest BCUT2D eigenvalue weighted by Gasteiger charge is 2.21. The van der Waals surface area contributed by atoms with Gasteiger partial charge < -0.3 is 9.47 Å². The molecule has 2 aromatic carbocycles. The molecule has 0 radical (unpaired) electrons. The Morgan fingerprint density at radius 2 is 1.11 bits per heavy atom. The lowest BCUT2D eigenvalue weighted by Gasteiger charge is -2.09.